The summed E-state index contributed by atoms with van der Waals surface area (Å²) < 4.78 is 15.6. The van der Waals surface area contributed by atoms with Crippen molar-refractivity contribution in [2.45, 2.75) is 31.9 Å². The average Bonchev–Trinajstić information content (AvgIpc) is 2.96. The van der Waals surface area contributed by atoms with Crippen molar-refractivity contribution in [1.29, 1.82) is 0 Å². The highest BCUT2D eigenvalue weighted by Gasteiger charge is 2.14. The SMILES string of the molecule is CC(CCc1cccn1C)NC(=O)NCC(O)c1ccccc1F. The van der Waals surface area contributed by atoms with Gasteiger partial charge < -0.3 is 20.3 Å². The summed E-state index contributed by atoms with van der Waals surface area (Å²) in [6.07, 6.45) is 2.59. The Morgan fingerprint density at radius 2 is 2.04 bits per heavy atom. The molecule has 130 valence electrons. The summed E-state index contributed by atoms with van der Waals surface area (Å²) in [5.41, 5.74) is 1.38. The number of benzene rings is 1. The number of halogens is 1. The molecule has 2 atom stereocenters. The maximum absolute atomic E-state index is 13.6. The number of nitrogens with one attached hydrogen (secondary N) is 2. The number of aromatic nitrogens is 1. The Labute approximate surface area is 141 Å². The minimum atomic E-state index is -1.07. The van der Waals surface area contributed by atoms with Crippen LogP contribution in [0.15, 0.2) is 42.6 Å². The number of hydrogen-bond acceptors (Lipinski definition) is 2. The van der Waals surface area contributed by atoms with Gasteiger partial charge in [0.1, 0.15) is 5.82 Å². The number of carbonyl (C=O) groups excluding carboxylic acids is 1. The van der Waals surface area contributed by atoms with Gasteiger partial charge >= 0.3 is 6.03 Å². The molecule has 0 radical (unpaired) electrons. The van der Waals surface area contributed by atoms with Gasteiger partial charge in [-0.3, -0.25) is 0 Å². The second-order valence-electron chi connectivity index (χ2n) is 5.94. The van der Waals surface area contributed by atoms with Crippen molar-refractivity contribution in [3.8, 4) is 0 Å². The first-order chi connectivity index (χ1) is 11.5. The molecule has 2 unspecified atom stereocenters. The van der Waals surface area contributed by atoms with Gasteiger partial charge in [-0.1, -0.05) is 18.2 Å². The third kappa shape index (κ3) is 5.09. The molecule has 3 N–H and O–H groups in total. The number of urea groups is 1. The van der Waals surface area contributed by atoms with Gasteiger partial charge in [-0.25, -0.2) is 9.18 Å². The monoisotopic (exact) mass is 333 g/mol. The molecule has 6 heteroatoms. The number of aliphatic hydroxyl groups is 1. The maximum atomic E-state index is 13.6. The summed E-state index contributed by atoms with van der Waals surface area (Å²) in [6, 6.07) is 9.65. The summed E-state index contributed by atoms with van der Waals surface area (Å²) in [5, 5.41) is 15.3. The summed E-state index contributed by atoms with van der Waals surface area (Å²) in [7, 11) is 1.99. The van der Waals surface area contributed by atoms with Crippen LogP contribution in [0.2, 0.25) is 0 Å². The number of aryl methyl sites for hydroxylation is 2. The summed E-state index contributed by atoms with van der Waals surface area (Å²) in [4.78, 5) is 11.9. The van der Waals surface area contributed by atoms with Gasteiger partial charge in [-0.05, 0) is 38.0 Å². The number of nitrogens with zero attached hydrogens (tertiary/aromatic N) is 1. The van der Waals surface area contributed by atoms with E-state index in [1.54, 1.807) is 12.1 Å². The third-order valence-corrected chi connectivity index (χ3v) is 3.98. The molecular formula is C18H24FN3O2. The summed E-state index contributed by atoms with van der Waals surface area (Å²) in [6.45, 7) is 1.88. The lowest BCUT2D eigenvalue weighted by atomic mass is 10.1. The largest absolute Gasteiger partial charge is 0.386 e. The van der Waals surface area contributed by atoms with Crippen molar-refractivity contribution in [1.82, 2.24) is 15.2 Å². The second-order valence-corrected chi connectivity index (χ2v) is 5.94. The minimum absolute atomic E-state index is 0.00879. The molecule has 0 saturated carbocycles. The Bertz CT molecular complexity index is 672. The van der Waals surface area contributed by atoms with E-state index in [-0.39, 0.29) is 24.2 Å². The Hall–Kier alpha value is -2.34. The standard InChI is InChI=1S/C18H24FN3O2/c1-13(9-10-14-6-5-11-22(14)2)21-18(24)20-12-17(23)15-7-3-4-8-16(15)19/h3-8,11,13,17,23H,9-10,12H2,1-2H3,(H2,20,21,24). The zero-order valence-corrected chi connectivity index (χ0v) is 14.0. The zero-order valence-electron chi connectivity index (χ0n) is 14.0. The normalized spacial score (nSPS) is 13.3. The molecule has 2 amide bonds. The molecule has 0 spiro atoms. The molecule has 5 nitrogen and oxygen atoms in total. The maximum Gasteiger partial charge on any atom is 0.315 e. The molecule has 2 aromatic rings. The van der Waals surface area contributed by atoms with E-state index in [2.05, 4.69) is 21.3 Å². The van der Waals surface area contributed by atoms with E-state index < -0.39 is 11.9 Å². The topological polar surface area (TPSA) is 66.3 Å². The van der Waals surface area contributed by atoms with Gasteiger partial charge in [0.15, 0.2) is 0 Å². The van der Waals surface area contributed by atoms with Crippen molar-refractivity contribution < 1.29 is 14.3 Å². The molecule has 1 aromatic carbocycles. The number of carbonyl (C=O) groups is 1. The molecule has 1 aromatic heterocycles. The van der Waals surface area contributed by atoms with E-state index in [0.29, 0.717) is 0 Å². The highest BCUT2D eigenvalue weighted by molar-refractivity contribution is 5.74. The van der Waals surface area contributed by atoms with Crippen LogP contribution in [0, 0.1) is 5.82 Å². The average molecular weight is 333 g/mol. The van der Waals surface area contributed by atoms with Gasteiger partial charge in [-0.2, -0.15) is 0 Å². The highest BCUT2D eigenvalue weighted by atomic mass is 19.1. The van der Waals surface area contributed by atoms with E-state index in [4.69, 9.17) is 0 Å². The highest BCUT2D eigenvalue weighted by Crippen LogP contribution is 2.15. The smallest absolute Gasteiger partial charge is 0.315 e. The van der Waals surface area contributed by atoms with Crippen molar-refractivity contribution in [2.75, 3.05) is 6.54 Å². The molecule has 1 heterocycles. The lowest BCUT2D eigenvalue weighted by molar-refractivity contribution is 0.168. The van der Waals surface area contributed by atoms with Crippen LogP contribution < -0.4 is 10.6 Å². The Morgan fingerprint density at radius 1 is 1.29 bits per heavy atom. The van der Waals surface area contributed by atoms with Gasteiger partial charge in [0.25, 0.3) is 0 Å². The minimum Gasteiger partial charge on any atom is -0.386 e. The van der Waals surface area contributed by atoms with Crippen LogP contribution in [0.5, 0.6) is 0 Å². The first-order valence-corrected chi connectivity index (χ1v) is 8.04. The van der Waals surface area contributed by atoms with E-state index in [0.717, 1.165) is 12.8 Å². The fraction of sp³-hybridized carbons (Fsp3) is 0.389. The quantitative estimate of drug-likeness (QED) is 0.729. The molecular weight excluding hydrogens is 309 g/mol. The molecule has 24 heavy (non-hydrogen) atoms. The molecule has 2 rings (SSSR count). The predicted octanol–water partition coefficient (Wildman–Crippen LogP) is 2.52. The van der Waals surface area contributed by atoms with Crippen LogP contribution in [0.1, 0.15) is 30.7 Å². The van der Waals surface area contributed by atoms with E-state index in [1.807, 2.05) is 26.2 Å². The molecule has 0 aliphatic rings. The molecule has 0 bridgehead atoms. The fourth-order valence-electron chi connectivity index (χ4n) is 2.51. The number of amides is 2. The van der Waals surface area contributed by atoms with E-state index in [1.165, 1.54) is 17.8 Å². The molecule has 0 aliphatic carbocycles. The predicted molar refractivity (Wildman–Crippen MR) is 91.1 cm³/mol. The van der Waals surface area contributed by atoms with Gasteiger partial charge in [0.2, 0.25) is 0 Å². The van der Waals surface area contributed by atoms with Gasteiger partial charge in [0, 0.05) is 37.1 Å². The molecule has 0 fully saturated rings. The van der Waals surface area contributed by atoms with Crippen molar-refractivity contribution in [3.63, 3.8) is 0 Å². The lowest BCUT2D eigenvalue weighted by Gasteiger charge is -2.17. The summed E-state index contributed by atoms with van der Waals surface area (Å²) in [5.74, 6) is -0.483. The van der Waals surface area contributed by atoms with Crippen LogP contribution in [0.25, 0.3) is 0 Å². The van der Waals surface area contributed by atoms with Crippen LogP contribution >= 0.6 is 0 Å². The van der Waals surface area contributed by atoms with Crippen LogP contribution in [-0.4, -0.2) is 28.3 Å². The first-order valence-electron chi connectivity index (χ1n) is 8.04. The van der Waals surface area contributed by atoms with E-state index >= 15 is 0 Å². The number of hydrogen-bond donors (Lipinski definition) is 3. The first kappa shape index (κ1) is 18.0. The fourth-order valence-corrected chi connectivity index (χ4v) is 2.51. The lowest BCUT2D eigenvalue weighted by Crippen LogP contribution is -2.42. The van der Waals surface area contributed by atoms with Crippen LogP contribution in [-0.2, 0) is 13.5 Å². The Kier molecular flexibility index (Phi) is 6.37. The van der Waals surface area contributed by atoms with Crippen LogP contribution in [0.4, 0.5) is 9.18 Å². The zero-order chi connectivity index (χ0) is 17.5. The second kappa shape index (κ2) is 8.49. The van der Waals surface area contributed by atoms with Crippen molar-refractivity contribution in [3.05, 3.63) is 59.7 Å². The van der Waals surface area contributed by atoms with Crippen molar-refractivity contribution in [2.24, 2.45) is 7.05 Å². The van der Waals surface area contributed by atoms with Gasteiger partial charge in [0.05, 0.1) is 6.10 Å². The van der Waals surface area contributed by atoms with Gasteiger partial charge in [-0.15, -0.1) is 0 Å². The van der Waals surface area contributed by atoms with Crippen LogP contribution in [0.3, 0.4) is 0 Å². The third-order valence-electron chi connectivity index (χ3n) is 3.98. The summed E-state index contributed by atoms with van der Waals surface area (Å²) >= 11 is 0. The number of rotatable bonds is 7. The van der Waals surface area contributed by atoms with E-state index in [9.17, 15) is 14.3 Å². The molecule has 0 aliphatic heterocycles. The molecule has 0 saturated heterocycles. The number of aliphatic hydroxyl groups excluding tert-OH is 1. The van der Waals surface area contributed by atoms with Crippen molar-refractivity contribution >= 4 is 6.03 Å². The Morgan fingerprint density at radius 3 is 2.71 bits per heavy atom. The Balaban J connectivity index is 1.72.